The van der Waals surface area contributed by atoms with Crippen molar-refractivity contribution in [1.29, 1.82) is 0 Å². The van der Waals surface area contributed by atoms with Crippen LogP contribution in [0.1, 0.15) is 35.6 Å². The van der Waals surface area contributed by atoms with Crippen molar-refractivity contribution in [3.63, 3.8) is 0 Å². The molecule has 6 nitrogen and oxygen atoms in total. The minimum Gasteiger partial charge on any atom is -0.356 e. The number of likely N-dealkylation sites (tertiary alicyclic amines) is 1. The lowest BCUT2D eigenvalue weighted by molar-refractivity contribution is -0.136. The van der Waals surface area contributed by atoms with Crippen LogP contribution in [0.4, 0.5) is 5.82 Å². The Morgan fingerprint density at radius 3 is 3.03 bits per heavy atom. The first-order chi connectivity index (χ1) is 15.5. The normalized spacial score (nSPS) is 24.5. The number of nitrogens with zero attached hydrogens (tertiary/aromatic N) is 4. The van der Waals surface area contributed by atoms with Gasteiger partial charge in [-0.1, -0.05) is 12.6 Å². The Balaban J connectivity index is 1.29. The summed E-state index contributed by atoms with van der Waals surface area (Å²) in [6.45, 7) is 9.49. The second-order valence-electron chi connectivity index (χ2n) is 10.4. The maximum Gasteiger partial charge on any atom is 0.245 e. The molecule has 2 aliphatic carbocycles. The Bertz CT molecular complexity index is 1300. The molecule has 0 bridgehead atoms. The van der Waals surface area contributed by atoms with Crippen molar-refractivity contribution in [2.45, 2.75) is 32.1 Å². The van der Waals surface area contributed by atoms with Crippen molar-refractivity contribution in [2.24, 2.45) is 11.3 Å². The second-order valence-corrected chi connectivity index (χ2v) is 10.4. The van der Waals surface area contributed by atoms with E-state index in [4.69, 9.17) is 4.98 Å². The maximum atomic E-state index is 11.9. The van der Waals surface area contributed by atoms with Gasteiger partial charge in [-0.3, -0.25) is 9.89 Å². The summed E-state index contributed by atoms with van der Waals surface area (Å²) < 4.78 is 0. The van der Waals surface area contributed by atoms with Crippen LogP contribution < -0.4 is 4.90 Å². The van der Waals surface area contributed by atoms with Gasteiger partial charge in [0.05, 0.1) is 11.7 Å². The number of hydrogen-bond donors (Lipinski definition) is 1. The summed E-state index contributed by atoms with van der Waals surface area (Å²) in [4.78, 5) is 21.5. The molecule has 7 rings (SSSR count). The van der Waals surface area contributed by atoms with Crippen LogP contribution in [0, 0.1) is 18.3 Å². The van der Waals surface area contributed by atoms with E-state index in [0.717, 1.165) is 56.3 Å². The van der Waals surface area contributed by atoms with Crippen LogP contribution in [-0.4, -0.2) is 52.2 Å². The molecule has 0 radical (unpaired) electrons. The van der Waals surface area contributed by atoms with E-state index in [2.05, 4.69) is 46.8 Å². The van der Waals surface area contributed by atoms with Gasteiger partial charge < -0.3 is 9.80 Å². The molecule has 3 aromatic rings. The summed E-state index contributed by atoms with van der Waals surface area (Å²) in [5.41, 5.74) is 8.04. The quantitative estimate of drug-likeness (QED) is 0.648. The first kappa shape index (κ1) is 18.4. The molecule has 3 fully saturated rings. The summed E-state index contributed by atoms with van der Waals surface area (Å²) in [6.07, 6.45) is 6.93. The molecule has 1 N–H and O–H groups in total. The maximum absolute atomic E-state index is 11.9. The van der Waals surface area contributed by atoms with Crippen molar-refractivity contribution >= 4 is 22.6 Å². The molecule has 1 spiro atoms. The van der Waals surface area contributed by atoms with Crippen LogP contribution in [0.3, 0.4) is 0 Å². The Labute approximate surface area is 187 Å². The van der Waals surface area contributed by atoms with Crippen LogP contribution >= 0.6 is 0 Å². The Hall–Kier alpha value is -3.15. The topological polar surface area (TPSA) is 65.1 Å². The molecule has 2 aromatic heterocycles. The minimum atomic E-state index is 0.0509. The number of fused-ring (bicyclic) bond motifs is 4. The Morgan fingerprint density at radius 1 is 1.31 bits per heavy atom. The molecule has 32 heavy (non-hydrogen) atoms. The minimum absolute atomic E-state index is 0.0509. The van der Waals surface area contributed by atoms with Gasteiger partial charge in [-0.25, -0.2) is 4.98 Å². The number of aromatic nitrogens is 3. The molecule has 4 aliphatic rings. The fourth-order valence-electron chi connectivity index (χ4n) is 6.53. The average Bonchev–Trinajstić information content (AvgIpc) is 3.16. The van der Waals surface area contributed by atoms with Gasteiger partial charge in [0.15, 0.2) is 0 Å². The molecule has 1 amide bonds. The molecule has 162 valence electrons. The highest BCUT2D eigenvalue weighted by atomic mass is 16.2. The van der Waals surface area contributed by atoms with E-state index in [1.54, 1.807) is 0 Å². The fraction of sp³-hybridized carbons (Fsp3) is 0.423. The van der Waals surface area contributed by atoms with Crippen LogP contribution in [0.5, 0.6) is 0 Å². The lowest BCUT2D eigenvalue weighted by Gasteiger charge is -2.47. The number of H-pyrrole nitrogens is 1. The average molecular weight is 426 g/mol. The number of pyridine rings is 1. The number of benzene rings is 1. The molecular weight excluding hydrogens is 398 g/mol. The lowest BCUT2D eigenvalue weighted by atomic mass is 9.79. The van der Waals surface area contributed by atoms with E-state index in [9.17, 15) is 4.79 Å². The van der Waals surface area contributed by atoms with Gasteiger partial charge in [-0.2, -0.15) is 5.10 Å². The van der Waals surface area contributed by atoms with Crippen LogP contribution in [0.15, 0.2) is 37.1 Å². The summed E-state index contributed by atoms with van der Waals surface area (Å²) in [6, 6.07) is 6.67. The van der Waals surface area contributed by atoms with Gasteiger partial charge in [-0.15, -0.1) is 0 Å². The Morgan fingerprint density at radius 2 is 2.19 bits per heavy atom. The van der Waals surface area contributed by atoms with E-state index in [0.29, 0.717) is 5.92 Å². The molecular formula is C26H27N5O. The van der Waals surface area contributed by atoms with Gasteiger partial charge in [0.25, 0.3) is 0 Å². The molecule has 2 aliphatic heterocycles. The molecule has 6 heteroatoms. The number of amides is 1. The zero-order valence-corrected chi connectivity index (χ0v) is 18.4. The third-order valence-electron chi connectivity index (χ3n) is 8.28. The van der Waals surface area contributed by atoms with E-state index < -0.39 is 0 Å². The highest BCUT2D eigenvalue weighted by Gasteiger charge is 2.50. The van der Waals surface area contributed by atoms with Crippen molar-refractivity contribution in [1.82, 2.24) is 20.1 Å². The number of nitrogens with one attached hydrogen (secondary N) is 1. The zero-order chi connectivity index (χ0) is 21.6. The number of hydrogen-bond acceptors (Lipinski definition) is 4. The van der Waals surface area contributed by atoms with Crippen LogP contribution in [0.25, 0.3) is 22.0 Å². The second kappa shape index (κ2) is 6.21. The smallest absolute Gasteiger partial charge is 0.245 e. The SMILES string of the molecule is C=CC(=O)N1CC2(CCN(c3cc(-c4c(C)ccc5[nH]ncc45)c4c(n3)C[C@H]3C[C@H]43)C2)C1. The molecule has 4 heterocycles. The first-order valence-electron chi connectivity index (χ1n) is 11.7. The largest absolute Gasteiger partial charge is 0.356 e. The molecule has 1 aromatic carbocycles. The third kappa shape index (κ3) is 2.49. The predicted molar refractivity (Wildman–Crippen MR) is 125 cm³/mol. The van der Waals surface area contributed by atoms with Crippen LogP contribution in [-0.2, 0) is 11.2 Å². The first-order valence-corrected chi connectivity index (χ1v) is 11.7. The number of carbonyl (C=O) groups excluding carboxylic acids is 1. The lowest BCUT2D eigenvalue weighted by Crippen LogP contribution is -2.59. The van der Waals surface area contributed by atoms with Crippen molar-refractivity contribution in [2.75, 3.05) is 31.1 Å². The number of aromatic amines is 1. The summed E-state index contributed by atoms with van der Waals surface area (Å²) in [7, 11) is 0. The fourth-order valence-corrected chi connectivity index (χ4v) is 6.53. The van der Waals surface area contributed by atoms with E-state index in [-0.39, 0.29) is 11.3 Å². The van der Waals surface area contributed by atoms with Crippen molar-refractivity contribution in [3.8, 4) is 11.1 Å². The van der Waals surface area contributed by atoms with Gasteiger partial charge in [0, 0.05) is 42.7 Å². The van der Waals surface area contributed by atoms with E-state index in [1.807, 2.05) is 11.1 Å². The summed E-state index contributed by atoms with van der Waals surface area (Å²) in [5, 5.41) is 8.67. The molecule has 0 unspecified atom stereocenters. The predicted octanol–water partition coefficient (Wildman–Crippen LogP) is 3.82. The number of carbonyl (C=O) groups is 1. The monoisotopic (exact) mass is 425 g/mol. The van der Waals surface area contributed by atoms with Gasteiger partial charge >= 0.3 is 0 Å². The summed E-state index contributed by atoms with van der Waals surface area (Å²) in [5.74, 6) is 2.61. The third-order valence-corrected chi connectivity index (χ3v) is 8.28. The number of anilines is 1. The number of rotatable bonds is 3. The van der Waals surface area contributed by atoms with Gasteiger partial charge in [0.1, 0.15) is 5.82 Å². The van der Waals surface area contributed by atoms with Crippen molar-refractivity contribution in [3.05, 3.63) is 53.9 Å². The molecule has 2 saturated heterocycles. The molecule has 2 atom stereocenters. The summed E-state index contributed by atoms with van der Waals surface area (Å²) >= 11 is 0. The van der Waals surface area contributed by atoms with E-state index >= 15 is 0 Å². The van der Waals surface area contributed by atoms with Crippen LogP contribution in [0.2, 0.25) is 0 Å². The Kier molecular flexibility index (Phi) is 3.58. The van der Waals surface area contributed by atoms with E-state index in [1.165, 1.54) is 45.8 Å². The number of aryl methyl sites for hydroxylation is 1. The van der Waals surface area contributed by atoms with Gasteiger partial charge in [-0.05, 0) is 78.5 Å². The zero-order valence-electron chi connectivity index (χ0n) is 18.4. The van der Waals surface area contributed by atoms with Gasteiger partial charge in [0.2, 0.25) is 5.91 Å². The van der Waals surface area contributed by atoms with Crippen molar-refractivity contribution < 1.29 is 4.79 Å². The standard InChI is InChI=1S/C26H27N5O/c1-3-23(32)31-13-26(14-31)6-7-30(12-26)22-10-18(25-17-8-16(17)9-21(25)28-22)24-15(2)4-5-20-19(24)11-27-29-20/h3-5,10-11,16-17H,1,6-9,12-14H2,2H3,(H,27,29)/t16-,17+/m1/s1. The highest BCUT2D eigenvalue weighted by Crippen LogP contribution is 2.59. The molecule has 1 saturated carbocycles. The highest BCUT2D eigenvalue weighted by molar-refractivity contribution is 5.98.